The molecule has 20 heavy (non-hydrogen) atoms. The van der Waals surface area contributed by atoms with Gasteiger partial charge in [-0.3, -0.25) is 9.69 Å². The van der Waals surface area contributed by atoms with Crippen LogP contribution >= 0.6 is 11.6 Å². The van der Waals surface area contributed by atoms with E-state index < -0.39 is 29.2 Å². The summed E-state index contributed by atoms with van der Waals surface area (Å²) in [5.41, 5.74) is -0.710. The minimum absolute atomic E-state index is 0.280. The Morgan fingerprint density at radius 1 is 1.30 bits per heavy atom. The summed E-state index contributed by atoms with van der Waals surface area (Å²) in [6, 6.07) is 1.04. The normalized spacial score (nSPS) is 13.9. The van der Waals surface area contributed by atoms with Crippen molar-refractivity contribution in [1.29, 1.82) is 0 Å². The first-order chi connectivity index (χ1) is 9.32. The molecular weight excluding hydrogens is 292 g/mol. The number of amides is 1. The molecule has 1 aliphatic rings. The first-order valence-electron chi connectivity index (χ1n) is 5.73. The zero-order chi connectivity index (χ0) is 15.0. The maximum Gasteiger partial charge on any atom is 0.351 e. The zero-order valence-electron chi connectivity index (χ0n) is 10.2. The minimum Gasteiger partial charge on any atom is -0.477 e. The Bertz CT molecular complexity index is 614. The fraction of sp³-hybridized carbons (Fsp3) is 0.231. The lowest BCUT2D eigenvalue weighted by molar-refractivity contribution is -0.134. The third-order valence-corrected chi connectivity index (χ3v) is 3.22. The van der Waals surface area contributed by atoms with Gasteiger partial charge in [-0.15, -0.1) is 0 Å². The predicted molar refractivity (Wildman–Crippen MR) is 67.3 cm³/mol. The lowest BCUT2D eigenvalue weighted by Crippen LogP contribution is -2.35. The first-order valence-corrected chi connectivity index (χ1v) is 6.11. The van der Waals surface area contributed by atoms with Gasteiger partial charge in [-0.2, -0.15) is 0 Å². The highest BCUT2D eigenvalue weighted by Crippen LogP contribution is 2.33. The van der Waals surface area contributed by atoms with Crippen LogP contribution in [-0.2, 0) is 4.79 Å². The topological polar surface area (TPSA) is 57.6 Å². The fourth-order valence-corrected chi connectivity index (χ4v) is 1.99. The predicted octanol–water partition coefficient (Wildman–Crippen LogP) is 2.82. The Labute approximate surface area is 118 Å². The number of nitrogens with zero attached hydrogens (tertiary/aromatic N) is 1. The summed E-state index contributed by atoms with van der Waals surface area (Å²) in [7, 11) is 0. The van der Waals surface area contributed by atoms with E-state index >= 15 is 0 Å². The molecule has 1 saturated carbocycles. The summed E-state index contributed by atoms with van der Waals surface area (Å²) in [5, 5.41) is 8.65. The van der Waals surface area contributed by atoms with E-state index in [9.17, 15) is 18.4 Å². The van der Waals surface area contributed by atoms with Gasteiger partial charge in [0.25, 0.3) is 5.91 Å². The number of carboxylic acids is 1. The number of benzene rings is 1. The maximum atomic E-state index is 13.2. The van der Waals surface area contributed by atoms with E-state index in [4.69, 9.17) is 16.7 Å². The second-order valence-electron chi connectivity index (χ2n) is 4.40. The molecule has 1 N–H and O–H groups in total. The number of carbonyl (C=O) groups excluding carboxylic acids is 1. The van der Waals surface area contributed by atoms with Gasteiger partial charge in [0.15, 0.2) is 11.6 Å². The second-order valence-corrected chi connectivity index (χ2v) is 4.81. The van der Waals surface area contributed by atoms with E-state index in [1.165, 1.54) is 0 Å². The molecule has 1 amide bonds. The molecule has 0 spiro atoms. The molecule has 0 aromatic heterocycles. The highest BCUT2D eigenvalue weighted by Gasteiger charge is 2.37. The summed E-state index contributed by atoms with van der Waals surface area (Å²) in [4.78, 5) is 24.2. The van der Waals surface area contributed by atoms with E-state index in [2.05, 4.69) is 6.58 Å². The molecule has 1 aromatic carbocycles. The summed E-state index contributed by atoms with van der Waals surface area (Å²) in [5.74, 6) is -4.57. The van der Waals surface area contributed by atoms with E-state index in [0.29, 0.717) is 25.0 Å². The van der Waals surface area contributed by atoms with Crippen molar-refractivity contribution in [1.82, 2.24) is 4.90 Å². The Balaban J connectivity index is 2.40. The number of carboxylic acid groups (broad SMARTS) is 1. The SMILES string of the molecule is C=C(C(=O)O)N(C(=O)c1cc(F)c(F)cc1Cl)C1CC1. The molecule has 0 atom stereocenters. The molecule has 0 heterocycles. The van der Waals surface area contributed by atoms with Crippen molar-refractivity contribution in [3.63, 3.8) is 0 Å². The van der Waals surface area contributed by atoms with Gasteiger partial charge < -0.3 is 5.11 Å². The fourth-order valence-electron chi connectivity index (χ4n) is 1.76. The van der Waals surface area contributed by atoms with Gasteiger partial charge in [0.05, 0.1) is 10.6 Å². The van der Waals surface area contributed by atoms with Crippen LogP contribution in [0.1, 0.15) is 23.2 Å². The number of rotatable bonds is 4. The molecule has 1 aromatic rings. The van der Waals surface area contributed by atoms with Crippen molar-refractivity contribution >= 4 is 23.5 Å². The average molecular weight is 302 g/mol. The molecule has 0 saturated heterocycles. The Hall–Kier alpha value is -1.95. The van der Waals surface area contributed by atoms with E-state index in [-0.39, 0.29) is 16.6 Å². The van der Waals surface area contributed by atoms with Gasteiger partial charge in [0.2, 0.25) is 0 Å². The largest absolute Gasteiger partial charge is 0.477 e. The van der Waals surface area contributed by atoms with Crippen molar-refractivity contribution in [2.75, 3.05) is 0 Å². The summed E-state index contributed by atoms with van der Waals surface area (Å²) in [6.07, 6.45) is 1.25. The zero-order valence-corrected chi connectivity index (χ0v) is 11.0. The van der Waals surface area contributed by atoms with Crippen LogP contribution in [0.2, 0.25) is 5.02 Å². The number of hydrogen-bond acceptors (Lipinski definition) is 2. The Morgan fingerprint density at radius 3 is 2.35 bits per heavy atom. The number of carbonyl (C=O) groups is 2. The molecule has 2 rings (SSSR count). The van der Waals surface area contributed by atoms with E-state index in [0.717, 1.165) is 4.90 Å². The van der Waals surface area contributed by atoms with Crippen LogP contribution in [0.5, 0.6) is 0 Å². The lowest BCUT2D eigenvalue weighted by Gasteiger charge is -2.22. The molecule has 4 nitrogen and oxygen atoms in total. The van der Waals surface area contributed by atoms with Crippen molar-refractivity contribution in [3.8, 4) is 0 Å². The molecule has 0 bridgehead atoms. The minimum atomic E-state index is -1.36. The van der Waals surface area contributed by atoms with Crippen LogP contribution < -0.4 is 0 Å². The van der Waals surface area contributed by atoms with E-state index in [1.54, 1.807) is 0 Å². The molecule has 7 heteroatoms. The third-order valence-electron chi connectivity index (χ3n) is 2.91. The van der Waals surface area contributed by atoms with Crippen LogP contribution in [0.4, 0.5) is 8.78 Å². The van der Waals surface area contributed by atoms with Crippen molar-refractivity contribution in [2.24, 2.45) is 0 Å². The molecular formula is C13H10ClF2NO3. The molecule has 106 valence electrons. The smallest absolute Gasteiger partial charge is 0.351 e. The molecule has 0 radical (unpaired) electrons. The quantitative estimate of drug-likeness (QED) is 0.687. The summed E-state index contributed by atoms with van der Waals surface area (Å²) in [6.45, 7) is 3.33. The van der Waals surface area contributed by atoms with Crippen LogP contribution in [0, 0.1) is 11.6 Å². The molecule has 0 aliphatic heterocycles. The Kier molecular flexibility index (Phi) is 3.76. The average Bonchev–Trinajstić information content (AvgIpc) is 3.18. The molecule has 1 fully saturated rings. The Morgan fingerprint density at radius 2 is 1.85 bits per heavy atom. The molecule has 1 aliphatic carbocycles. The van der Waals surface area contributed by atoms with Gasteiger partial charge in [-0.1, -0.05) is 18.2 Å². The highest BCUT2D eigenvalue weighted by molar-refractivity contribution is 6.34. The van der Waals surface area contributed by atoms with Crippen molar-refractivity contribution in [3.05, 3.63) is 46.6 Å². The van der Waals surface area contributed by atoms with Gasteiger partial charge in [0, 0.05) is 6.04 Å². The number of hydrogen-bond donors (Lipinski definition) is 1. The summed E-state index contributed by atoms with van der Waals surface area (Å²) >= 11 is 5.72. The van der Waals surface area contributed by atoms with Crippen LogP contribution in [0.25, 0.3) is 0 Å². The van der Waals surface area contributed by atoms with Crippen molar-refractivity contribution < 1.29 is 23.5 Å². The van der Waals surface area contributed by atoms with Gasteiger partial charge in [0.1, 0.15) is 5.70 Å². The third kappa shape index (κ3) is 2.65. The standard InChI is InChI=1S/C13H10ClF2NO3/c1-6(13(19)20)17(7-2-3-7)12(18)8-4-10(15)11(16)5-9(8)14/h4-5,7H,1-3H2,(H,19,20). The van der Waals surface area contributed by atoms with E-state index in [1.807, 2.05) is 0 Å². The second kappa shape index (κ2) is 5.20. The van der Waals surface area contributed by atoms with Gasteiger partial charge in [-0.05, 0) is 25.0 Å². The van der Waals surface area contributed by atoms with Crippen LogP contribution in [0.15, 0.2) is 24.4 Å². The van der Waals surface area contributed by atoms with Crippen LogP contribution in [0.3, 0.4) is 0 Å². The van der Waals surface area contributed by atoms with Gasteiger partial charge in [-0.25, -0.2) is 13.6 Å². The van der Waals surface area contributed by atoms with Gasteiger partial charge >= 0.3 is 5.97 Å². The first kappa shape index (κ1) is 14.5. The maximum absolute atomic E-state index is 13.2. The monoisotopic (exact) mass is 301 g/mol. The summed E-state index contributed by atoms with van der Waals surface area (Å²) < 4.78 is 26.2. The number of halogens is 3. The molecule has 0 unspecified atom stereocenters. The van der Waals surface area contributed by atoms with Crippen molar-refractivity contribution in [2.45, 2.75) is 18.9 Å². The number of aliphatic carboxylic acids is 1. The lowest BCUT2D eigenvalue weighted by atomic mass is 10.1. The highest BCUT2D eigenvalue weighted by atomic mass is 35.5. The van der Waals surface area contributed by atoms with Crippen LogP contribution in [-0.4, -0.2) is 27.9 Å².